The third kappa shape index (κ3) is 2.91. The van der Waals surface area contributed by atoms with Crippen LogP contribution in [0, 0.1) is 6.92 Å². The van der Waals surface area contributed by atoms with Crippen LogP contribution in [-0.2, 0) is 4.74 Å². The molecule has 1 fully saturated rings. The first-order valence-corrected chi connectivity index (χ1v) is 7.45. The molecule has 2 atom stereocenters. The number of aryl methyl sites for hydroxylation is 1. The number of nitrogens with one attached hydrogen (secondary N) is 1. The van der Waals surface area contributed by atoms with E-state index in [0.29, 0.717) is 6.04 Å². The Morgan fingerprint density at radius 3 is 2.94 bits per heavy atom. The fourth-order valence-electron chi connectivity index (χ4n) is 2.51. The summed E-state index contributed by atoms with van der Waals surface area (Å²) < 4.78 is 5.94. The van der Waals surface area contributed by atoms with Crippen LogP contribution in [0.3, 0.4) is 0 Å². The van der Waals surface area contributed by atoms with Gasteiger partial charge in [-0.25, -0.2) is 4.98 Å². The van der Waals surface area contributed by atoms with E-state index in [-0.39, 0.29) is 12.1 Å². The highest BCUT2D eigenvalue weighted by molar-refractivity contribution is 7.09. The van der Waals surface area contributed by atoms with Gasteiger partial charge in [0, 0.05) is 30.2 Å². The first-order chi connectivity index (χ1) is 8.63. The van der Waals surface area contributed by atoms with Gasteiger partial charge in [-0.1, -0.05) is 0 Å². The molecule has 1 N–H and O–H groups in total. The number of aromatic nitrogens is 1. The topological polar surface area (TPSA) is 37.4 Å². The molecule has 0 saturated carbocycles. The highest BCUT2D eigenvalue weighted by Crippen LogP contribution is 2.32. The number of thiazole rings is 1. The van der Waals surface area contributed by atoms with Gasteiger partial charge in [0.05, 0.1) is 18.8 Å². The standard InChI is InChI=1S/C13H23N3OS/c1-9(2)16-5-6-17-11(7-14-4)12(16)13-15-10(3)8-18-13/h8-9,11-12,14H,5-7H2,1-4H3. The SMILES string of the molecule is CNCC1OCCN(C(C)C)C1c1nc(C)cs1. The molecular weight excluding hydrogens is 246 g/mol. The molecule has 0 aliphatic carbocycles. The number of hydrogen-bond acceptors (Lipinski definition) is 5. The zero-order valence-corrected chi connectivity index (χ0v) is 12.5. The Morgan fingerprint density at radius 2 is 2.39 bits per heavy atom. The van der Waals surface area contributed by atoms with Crippen molar-refractivity contribution in [1.29, 1.82) is 0 Å². The first kappa shape index (κ1) is 13.9. The van der Waals surface area contributed by atoms with Crippen LogP contribution in [0.5, 0.6) is 0 Å². The molecule has 4 nitrogen and oxygen atoms in total. The van der Waals surface area contributed by atoms with E-state index in [0.717, 1.165) is 25.4 Å². The molecule has 0 spiro atoms. The molecule has 1 aliphatic heterocycles. The summed E-state index contributed by atoms with van der Waals surface area (Å²) >= 11 is 1.75. The zero-order chi connectivity index (χ0) is 13.1. The van der Waals surface area contributed by atoms with Gasteiger partial charge in [0.25, 0.3) is 0 Å². The molecular formula is C13H23N3OS. The second-order valence-corrected chi connectivity index (χ2v) is 5.96. The van der Waals surface area contributed by atoms with Crippen molar-refractivity contribution in [2.24, 2.45) is 0 Å². The summed E-state index contributed by atoms with van der Waals surface area (Å²) in [4.78, 5) is 7.17. The number of likely N-dealkylation sites (N-methyl/N-ethyl adjacent to an activating group) is 1. The molecule has 0 amide bonds. The molecule has 0 bridgehead atoms. The predicted molar refractivity (Wildman–Crippen MR) is 75.1 cm³/mol. The molecule has 102 valence electrons. The molecule has 18 heavy (non-hydrogen) atoms. The Hall–Kier alpha value is -0.490. The Bertz CT molecular complexity index is 378. The highest BCUT2D eigenvalue weighted by atomic mass is 32.1. The monoisotopic (exact) mass is 269 g/mol. The minimum Gasteiger partial charge on any atom is -0.373 e. The lowest BCUT2D eigenvalue weighted by atomic mass is 10.1. The molecule has 1 aromatic rings. The molecule has 1 aromatic heterocycles. The molecule has 0 aromatic carbocycles. The maximum Gasteiger partial charge on any atom is 0.113 e. The summed E-state index contributed by atoms with van der Waals surface area (Å²) in [5, 5.41) is 6.53. The van der Waals surface area contributed by atoms with Gasteiger partial charge in [-0.2, -0.15) is 0 Å². The second kappa shape index (κ2) is 6.10. The molecule has 5 heteroatoms. The van der Waals surface area contributed by atoms with Gasteiger partial charge < -0.3 is 10.1 Å². The van der Waals surface area contributed by atoms with Gasteiger partial charge in [-0.3, -0.25) is 4.90 Å². The lowest BCUT2D eigenvalue weighted by Crippen LogP contribution is -2.51. The predicted octanol–water partition coefficient (Wildman–Crippen LogP) is 1.82. The van der Waals surface area contributed by atoms with Crippen LogP contribution in [-0.4, -0.2) is 48.8 Å². The summed E-state index contributed by atoms with van der Waals surface area (Å²) in [7, 11) is 1.97. The Balaban J connectivity index is 2.26. The van der Waals surface area contributed by atoms with Crippen molar-refractivity contribution in [3.8, 4) is 0 Å². The van der Waals surface area contributed by atoms with Crippen molar-refractivity contribution in [2.45, 2.75) is 39.0 Å². The first-order valence-electron chi connectivity index (χ1n) is 6.57. The molecule has 2 heterocycles. The van der Waals surface area contributed by atoms with Crippen molar-refractivity contribution in [3.05, 3.63) is 16.1 Å². The van der Waals surface area contributed by atoms with Crippen LogP contribution >= 0.6 is 11.3 Å². The maximum absolute atomic E-state index is 5.94. The zero-order valence-electron chi connectivity index (χ0n) is 11.6. The number of hydrogen-bond donors (Lipinski definition) is 1. The van der Waals surface area contributed by atoms with Gasteiger partial charge in [-0.15, -0.1) is 11.3 Å². The molecule has 2 rings (SSSR count). The highest BCUT2D eigenvalue weighted by Gasteiger charge is 2.36. The van der Waals surface area contributed by atoms with E-state index in [4.69, 9.17) is 4.74 Å². The molecule has 0 radical (unpaired) electrons. The van der Waals surface area contributed by atoms with E-state index >= 15 is 0 Å². The lowest BCUT2D eigenvalue weighted by Gasteiger charge is -2.42. The van der Waals surface area contributed by atoms with E-state index in [1.165, 1.54) is 5.01 Å². The number of morpholine rings is 1. The van der Waals surface area contributed by atoms with E-state index in [9.17, 15) is 0 Å². The Morgan fingerprint density at radius 1 is 1.61 bits per heavy atom. The molecule has 1 saturated heterocycles. The summed E-state index contributed by atoms with van der Waals surface area (Å²) in [5.41, 5.74) is 1.10. The van der Waals surface area contributed by atoms with E-state index in [1.54, 1.807) is 11.3 Å². The summed E-state index contributed by atoms with van der Waals surface area (Å²) in [6.07, 6.45) is 0.191. The largest absolute Gasteiger partial charge is 0.373 e. The number of ether oxygens (including phenoxy) is 1. The average molecular weight is 269 g/mol. The fourth-order valence-corrected chi connectivity index (χ4v) is 3.48. The van der Waals surface area contributed by atoms with Crippen LogP contribution in [0.4, 0.5) is 0 Å². The van der Waals surface area contributed by atoms with Crippen LogP contribution in [0.15, 0.2) is 5.38 Å². The van der Waals surface area contributed by atoms with Crippen molar-refractivity contribution in [2.75, 3.05) is 26.7 Å². The van der Waals surface area contributed by atoms with Crippen molar-refractivity contribution in [3.63, 3.8) is 0 Å². The Kier molecular flexibility index (Phi) is 4.72. The van der Waals surface area contributed by atoms with Crippen LogP contribution in [0.25, 0.3) is 0 Å². The van der Waals surface area contributed by atoms with Crippen molar-refractivity contribution >= 4 is 11.3 Å². The third-order valence-corrected chi connectivity index (χ3v) is 4.38. The van der Waals surface area contributed by atoms with Gasteiger partial charge in [0.1, 0.15) is 5.01 Å². The number of nitrogens with zero attached hydrogens (tertiary/aromatic N) is 2. The van der Waals surface area contributed by atoms with Gasteiger partial charge in [0.2, 0.25) is 0 Å². The summed E-state index contributed by atoms with van der Waals surface area (Å²) in [5.74, 6) is 0. The van der Waals surface area contributed by atoms with E-state index in [2.05, 4.69) is 41.4 Å². The third-order valence-electron chi connectivity index (χ3n) is 3.35. The normalized spacial score (nSPS) is 25.8. The molecule has 2 unspecified atom stereocenters. The lowest BCUT2D eigenvalue weighted by molar-refractivity contribution is -0.0815. The van der Waals surface area contributed by atoms with E-state index < -0.39 is 0 Å². The van der Waals surface area contributed by atoms with Gasteiger partial charge in [0.15, 0.2) is 0 Å². The maximum atomic E-state index is 5.94. The van der Waals surface area contributed by atoms with Gasteiger partial charge in [-0.05, 0) is 27.8 Å². The minimum absolute atomic E-state index is 0.191. The van der Waals surface area contributed by atoms with Gasteiger partial charge >= 0.3 is 0 Å². The quantitative estimate of drug-likeness (QED) is 0.905. The van der Waals surface area contributed by atoms with Crippen molar-refractivity contribution in [1.82, 2.24) is 15.2 Å². The summed E-state index contributed by atoms with van der Waals surface area (Å²) in [6.45, 7) is 9.21. The van der Waals surface area contributed by atoms with Crippen LogP contribution in [0.1, 0.15) is 30.6 Å². The van der Waals surface area contributed by atoms with Crippen LogP contribution < -0.4 is 5.32 Å². The fraction of sp³-hybridized carbons (Fsp3) is 0.769. The number of rotatable bonds is 4. The van der Waals surface area contributed by atoms with E-state index in [1.807, 2.05) is 7.05 Å². The van der Waals surface area contributed by atoms with Crippen molar-refractivity contribution < 1.29 is 4.74 Å². The minimum atomic E-state index is 0.191. The van der Waals surface area contributed by atoms with Crippen LogP contribution in [0.2, 0.25) is 0 Å². The second-order valence-electron chi connectivity index (χ2n) is 5.07. The smallest absolute Gasteiger partial charge is 0.113 e. The average Bonchev–Trinajstić information content (AvgIpc) is 2.75. The summed E-state index contributed by atoms with van der Waals surface area (Å²) in [6, 6.07) is 0.798. The Labute approximate surface area is 113 Å². The molecule has 1 aliphatic rings.